The first-order valence-electron chi connectivity index (χ1n) is 4.75. The molecule has 0 amide bonds. The smallest absolute Gasteiger partial charge is 0.229 e. The molecule has 0 radical (unpaired) electrons. The van der Waals surface area contributed by atoms with E-state index in [-0.39, 0.29) is 11.2 Å². The zero-order valence-electron chi connectivity index (χ0n) is 8.11. The molecule has 7 heteroatoms. The summed E-state index contributed by atoms with van der Waals surface area (Å²) < 4.78 is 0. The second kappa shape index (κ2) is 4.85. The fraction of sp³-hybridized carbons (Fsp3) is 0.625. The van der Waals surface area contributed by atoms with Gasteiger partial charge in [0, 0.05) is 11.8 Å². The average Bonchev–Trinajstić information content (AvgIpc) is 2.17. The molecule has 1 unspecified atom stereocenters. The van der Waals surface area contributed by atoms with E-state index in [0.29, 0.717) is 12.0 Å². The highest BCUT2D eigenvalue weighted by Gasteiger charge is 2.15. The van der Waals surface area contributed by atoms with Crippen molar-refractivity contribution in [2.75, 3.05) is 22.6 Å². The zero-order valence-corrected chi connectivity index (χ0v) is 9.68. The van der Waals surface area contributed by atoms with Gasteiger partial charge in [-0.25, -0.2) is 0 Å². The van der Waals surface area contributed by atoms with Crippen LogP contribution in [0.3, 0.4) is 0 Å². The lowest BCUT2D eigenvalue weighted by Gasteiger charge is -2.22. The lowest BCUT2D eigenvalue weighted by atomic mass is 10.2. The molecule has 0 bridgehead atoms. The quantitative estimate of drug-likeness (QED) is 0.821. The van der Waals surface area contributed by atoms with Crippen LogP contribution in [0.25, 0.3) is 0 Å². The number of aromatic nitrogens is 3. The predicted molar refractivity (Wildman–Crippen MR) is 63.2 cm³/mol. The lowest BCUT2D eigenvalue weighted by Crippen LogP contribution is -2.27. The minimum atomic E-state index is 0.133. The summed E-state index contributed by atoms with van der Waals surface area (Å²) in [5.74, 6) is 2.93. The van der Waals surface area contributed by atoms with Crippen molar-refractivity contribution in [2.45, 2.75) is 18.9 Å². The molecule has 1 aromatic heterocycles. The Balaban J connectivity index is 2.02. The van der Waals surface area contributed by atoms with Gasteiger partial charge in [0.1, 0.15) is 0 Å². The van der Waals surface area contributed by atoms with Gasteiger partial charge < -0.3 is 11.1 Å². The lowest BCUT2D eigenvalue weighted by molar-refractivity contribution is 0.678. The van der Waals surface area contributed by atoms with Crippen LogP contribution in [0.2, 0.25) is 5.28 Å². The summed E-state index contributed by atoms with van der Waals surface area (Å²) >= 11 is 7.61. The molecule has 3 N–H and O–H groups in total. The predicted octanol–water partition coefficient (Wildman–Crippen LogP) is 1.41. The second-order valence-corrected chi connectivity index (χ2v) is 4.83. The SMILES string of the molecule is Nc1nc(Cl)nc(NC2CCCSC2)n1. The average molecular weight is 246 g/mol. The number of hydrogen-bond acceptors (Lipinski definition) is 6. The third-order valence-electron chi connectivity index (χ3n) is 2.12. The number of nitrogens with one attached hydrogen (secondary N) is 1. The molecule has 0 spiro atoms. The normalized spacial score (nSPS) is 21.3. The number of thioether (sulfide) groups is 1. The maximum Gasteiger partial charge on any atom is 0.229 e. The van der Waals surface area contributed by atoms with Crippen molar-refractivity contribution >= 4 is 35.3 Å². The Morgan fingerprint density at radius 3 is 2.93 bits per heavy atom. The topological polar surface area (TPSA) is 76.7 Å². The van der Waals surface area contributed by atoms with Crippen LogP contribution < -0.4 is 11.1 Å². The molecule has 1 aliphatic heterocycles. The number of rotatable bonds is 2. The fourth-order valence-electron chi connectivity index (χ4n) is 1.47. The first-order chi connectivity index (χ1) is 7.24. The van der Waals surface area contributed by atoms with E-state index in [4.69, 9.17) is 17.3 Å². The van der Waals surface area contributed by atoms with Crippen LogP contribution in [0.15, 0.2) is 0 Å². The highest BCUT2D eigenvalue weighted by Crippen LogP contribution is 2.19. The molecule has 2 rings (SSSR count). The van der Waals surface area contributed by atoms with Crippen molar-refractivity contribution in [3.8, 4) is 0 Å². The summed E-state index contributed by atoms with van der Waals surface area (Å²) in [6.07, 6.45) is 2.35. The van der Waals surface area contributed by atoms with Gasteiger partial charge in [0.05, 0.1) is 0 Å². The maximum absolute atomic E-state index is 5.68. The van der Waals surface area contributed by atoms with Crippen molar-refractivity contribution < 1.29 is 0 Å². The molecule has 1 aliphatic rings. The third kappa shape index (κ3) is 3.10. The standard InChI is InChI=1S/C8H12ClN5S/c9-6-12-7(10)14-8(13-6)11-5-2-1-3-15-4-5/h5H,1-4H2,(H3,10,11,12,13,14). The highest BCUT2D eigenvalue weighted by molar-refractivity contribution is 7.99. The van der Waals surface area contributed by atoms with Gasteiger partial charge in [-0.1, -0.05) is 0 Å². The number of hydrogen-bond donors (Lipinski definition) is 2. The van der Waals surface area contributed by atoms with E-state index in [1.807, 2.05) is 11.8 Å². The Morgan fingerprint density at radius 2 is 2.27 bits per heavy atom. The summed E-state index contributed by atoms with van der Waals surface area (Å²) in [5, 5.41) is 3.35. The molecule has 0 aromatic carbocycles. The van der Waals surface area contributed by atoms with Crippen molar-refractivity contribution in [1.82, 2.24) is 15.0 Å². The number of halogens is 1. The minimum absolute atomic E-state index is 0.133. The Bertz CT molecular complexity index is 322. The van der Waals surface area contributed by atoms with Gasteiger partial charge in [-0.05, 0) is 30.2 Å². The van der Waals surface area contributed by atoms with Crippen LogP contribution in [0, 0.1) is 0 Å². The van der Waals surface area contributed by atoms with Crippen LogP contribution in [-0.2, 0) is 0 Å². The highest BCUT2D eigenvalue weighted by atomic mass is 35.5. The maximum atomic E-state index is 5.68. The van der Waals surface area contributed by atoms with E-state index in [1.165, 1.54) is 12.2 Å². The molecule has 0 saturated carbocycles. The summed E-state index contributed by atoms with van der Waals surface area (Å²) in [5.41, 5.74) is 5.47. The molecule has 1 saturated heterocycles. The van der Waals surface area contributed by atoms with E-state index in [0.717, 1.165) is 12.2 Å². The Kier molecular flexibility index (Phi) is 3.48. The number of nitrogen functional groups attached to an aromatic ring is 1. The first-order valence-corrected chi connectivity index (χ1v) is 6.28. The van der Waals surface area contributed by atoms with E-state index < -0.39 is 0 Å². The summed E-state index contributed by atoms with van der Waals surface area (Å²) in [6.45, 7) is 0. The van der Waals surface area contributed by atoms with E-state index in [9.17, 15) is 0 Å². The third-order valence-corrected chi connectivity index (χ3v) is 3.50. The second-order valence-electron chi connectivity index (χ2n) is 3.34. The zero-order chi connectivity index (χ0) is 10.7. The first kappa shape index (κ1) is 10.8. The van der Waals surface area contributed by atoms with Crippen molar-refractivity contribution in [3.05, 3.63) is 5.28 Å². The Hall–Kier alpha value is -0.750. The van der Waals surface area contributed by atoms with Crippen molar-refractivity contribution in [3.63, 3.8) is 0 Å². The molecule has 1 aromatic rings. The van der Waals surface area contributed by atoms with Gasteiger partial charge in [0.15, 0.2) is 0 Å². The van der Waals surface area contributed by atoms with Crippen LogP contribution in [-0.4, -0.2) is 32.5 Å². The molecule has 1 atom stereocenters. The molecule has 0 aliphatic carbocycles. The molecule has 15 heavy (non-hydrogen) atoms. The van der Waals surface area contributed by atoms with Crippen LogP contribution in [0.4, 0.5) is 11.9 Å². The summed E-state index contributed by atoms with van der Waals surface area (Å²) in [4.78, 5) is 11.7. The Morgan fingerprint density at radius 1 is 1.40 bits per heavy atom. The van der Waals surface area contributed by atoms with Gasteiger partial charge in [-0.3, -0.25) is 0 Å². The van der Waals surface area contributed by atoms with Crippen LogP contribution in [0.5, 0.6) is 0 Å². The summed E-state index contributed by atoms with van der Waals surface area (Å²) in [7, 11) is 0. The number of nitrogens with two attached hydrogens (primary N) is 1. The van der Waals surface area contributed by atoms with Crippen molar-refractivity contribution in [2.24, 2.45) is 0 Å². The van der Waals surface area contributed by atoms with Gasteiger partial charge in [0.2, 0.25) is 17.2 Å². The largest absolute Gasteiger partial charge is 0.368 e. The molecule has 1 fully saturated rings. The van der Waals surface area contributed by atoms with Crippen LogP contribution >= 0.6 is 23.4 Å². The molecule has 2 heterocycles. The number of anilines is 2. The fourth-order valence-corrected chi connectivity index (χ4v) is 2.71. The molecular formula is C8H12ClN5S. The minimum Gasteiger partial charge on any atom is -0.368 e. The van der Waals surface area contributed by atoms with E-state index in [1.54, 1.807) is 0 Å². The van der Waals surface area contributed by atoms with E-state index in [2.05, 4.69) is 20.3 Å². The van der Waals surface area contributed by atoms with Gasteiger partial charge in [0.25, 0.3) is 0 Å². The van der Waals surface area contributed by atoms with Crippen LogP contribution in [0.1, 0.15) is 12.8 Å². The van der Waals surface area contributed by atoms with Crippen molar-refractivity contribution in [1.29, 1.82) is 0 Å². The monoisotopic (exact) mass is 245 g/mol. The molecule has 5 nitrogen and oxygen atoms in total. The summed E-state index contributed by atoms with van der Waals surface area (Å²) in [6, 6.07) is 0.404. The van der Waals surface area contributed by atoms with Gasteiger partial charge >= 0.3 is 0 Å². The molecular weight excluding hydrogens is 234 g/mol. The molecule has 82 valence electrons. The Labute approximate surface area is 97.2 Å². The van der Waals surface area contributed by atoms with Gasteiger partial charge in [-0.15, -0.1) is 0 Å². The van der Waals surface area contributed by atoms with Gasteiger partial charge in [-0.2, -0.15) is 26.7 Å². The number of nitrogens with zero attached hydrogens (tertiary/aromatic N) is 3. The van der Waals surface area contributed by atoms with E-state index >= 15 is 0 Å².